The molecule has 2 aromatic carbocycles. The molecule has 2 rings (SSSR count). The van der Waals surface area contributed by atoms with Crippen LogP contribution in [0, 0.1) is 15.9 Å². The predicted octanol–water partition coefficient (Wildman–Crippen LogP) is 3.81. The van der Waals surface area contributed by atoms with Crippen LogP contribution in [0.3, 0.4) is 0 Å². The second kappa shape index (κ2) is 5.79. The van der Waals surface area contributed by atoms with Crippen LogP contribution in [0.5, 0.6) is 0 Å². The summed E-state index contributed by atoms with van der Waals surface area (Å²) in [5.41, 5.74) is 0.549. The monoisotopic (exact) mass is 293 g/mol. The molecule has 102 valence electrons. The van der Waals surface area contributed by atoms with Gasteiger partial charge in [0.1, 0.15) is 5.82 Å². The predicted molar refractivity (Wildman–Crippen MR) is 72.5 cm³/mol. The average Bonchev–Trinajstić information content (AvgIpc) is 2.40. The number of non-ortho nitro benzene ring substituents is 1. The van der Waals surface area contributed by atoms with Crippen molar-refractivity contribution in [1.29, 1.82) is 0 Å². The summed E-state index contributed by atoms with van der Waals surface area (Å²) >= 11 is 5.76. The summed E-state index contributed by atoms with van der Waals surface area (Å²) in [6, 6.07) is 9.22. The highest BCUT2D eigenvalue weighted by molar-refractivity contribution is 6.31. The van der Waals surface area contributed by atoms with E-state index in [1.807, 2.05) is 0 Å². The third kappa shape index (κ3) is 3.39. The zero-order valence-electron chi connectivity index (χ0n) is 10.2. The summed E-state index contributed by atoms with van der Waals surface area (Å²) in [6.45, 7) is 0. The maximum absolute atomic E-state index is 12.8. The maximum atomic E-state index is 12.8. The molecule has 0 radical (unpaired) electrons. The van der Waals surface area contributed by atoms with Gasteiger partial charge in [0.15, 0.2) is 5.78 Å². The number of nitro groups is 1. The third-order valence-corrected chi connectivity index (χ3v) is 2.91. The quantitative estimate of drug-likeness (QED) is 0.489. The average molecular weight is 294 g/mol. The first kappa shape index (κ1) is 14.1. The Balaban J connectivity index is 2.25. The molecular formula is C14H9ClFNO3. The van der Waals surface area contributed by atoms with Crippen molar-refractivity contribution in [2.24, 2.45) is 0 Å². The topological polar surface area (TPSA) is 60.2 Å². The molecule has 0 unspecified atom stereocenters. The Labute approximate surface area is 119 Å². The van der Waals surface area contributed by atoms with Crippen molar-refractivity contribution in [3.63, 3.8) is 0 Å². The number of ketones is 1. The second-order valence-corrected chi connectivity index (χ2v) is 4.62. The van der Waals surface area contributed by atoms with Gasteiger partial charge in [-0.25, -0.2) is 4.39 Å². The molecule has 0 aliphatic carbocycles. The molecule has 0 atom stereocenters. The molecule has 0 amide bonds. The third-order valence-electron chi connectivity index (χ3n) is 2.69. The van der Waals surface area contributed by atoms with E-state index in [1.165, 1.54) is 42.5 Å². The van der Waals surface area contributed by atoms with Gasteiger partial charge in [-0.2, -0.15) is 0 Å². The SMILES string of the molecule is O=C(Cc1ccc(F)cc1)c1cc(Cl)cc([N+](=O)[O-])c1. The fourth-order valence-corrected chi connectivity index (χ4v) is 1.96. The van der Waals surface area contributed by atoms with Crippen LogP contribution >= 0.6 is 11.6 Å². The molecular weight excluding hydrogens is 285 g/mol. The number of rotatable bonds is 4. The number of nitrogens with zero attached hydrogens (tertiary/aromatic N) is 1. The zero-order chi connectivity index (χ0) is 14.7. The first-order chi connectivity index (χ1) is 9.45. The summed E-state index contributed by atoms with van der Waals surface area (Å²) in [5, 5.41) is 10.8. The van der Waals surface area contributed by atoms with E-state index in [2.05, 4.69) is 0 Å². The Kier molecular flexibility index (Phi) is 4.10. The molecule has 0 fully saturated rings. The van der Waals surface area contributed by atoms with E-state index in [0.29, 0.717) is 5.56 Å². The minimum absolute atomic E-state index is 0.0256. The molecule has 20 heavy (non-hydrogen) atoms. The van der Waals surface area contributed by atoms with Crippen LogP contribution in [0.1, 0.15) is 15.9 Å². The van der Waals surface area contributed by atoms with Gasteiger partial charge in [-0.3, -0.25) is 14.9 Å². The smallest absolute Gasteiger partial charge is 0.271 e. The van der Waals surface area contributed by atoms with Crippen molar-refractivity contribution in [1.82, 2.24) is 0 Å². The number of hydrogen-bond donors (Lipinski definition) is 0. The summed E-state index contributed by atoms with van der Waals surface area (Å²) in [4.78, 5) is 22.2. The Hall–Kier alpha value is -2.27. The Morgan fingerprint density at radius 3 is 2.45 bits per heavy atom. The largest absolute Gasteiger partial charge is 0.294 e. The highest BCUT2D eigenvalue weighted by atomic mass is 35.5. The molecule has 6 heteroatoms. The highest BCUT2D eigenvalue weighted by Gasteiger charge is 2.14. The van der Waals surface area contributed by atoms with E-state index in [-0.39, 0.29) is 34.3 Å². The van der Waals surface area contributed by atoms with E-state index in [1.54, 1.807) is 0 Å². The molecule has 0 bridgehead atoms. The minimum atomic E-state index is -0.611. The zero-order valence-corrected chi connectivity index (χ0v) is 10.9. The number of carbonyl (C=O) groups is 1. The van der Waals surface area contributed by atoms with Gasteiger partial charge in [0.05, 0.1) is 4.92 Å². The lowest BCUT2D eigenvalue weighted by Crippen LogP contribution is -2.04. The lowest BCUT2D eigenvalue weighted by molar-refractivity contribution is -0.384. The number of nitro benzene ring substituents is 1. The van der Waals surface area contributed by atoms with Crippen molar-refractivity contribution in [2.45, 2.75) is 6.42 Å². The van der Waals surface area contributed by atoms with Gasteiger partial charge in [0, 0.05) is 29.1 Å². The summed E-state index contributed by atoms with van der Waals surface area (Å²) < 4.78 is 12.8. The number of hydrogen-bond acceptors (Lipinski definition) is 3. The van der Waals surface area contributed by atoms with Crippen LogP contribution in [0.15, 0.2) is 42.5 Å². The minimum Gasteiger partial charge on any atom is -0.294 e. The maximum Gasteiger partial charge on any atom is 0.271 e. The van der Waals surface area contributed by atoms with Crippen LogP contribution in [0.2, 0.25) is 5.02 Å². The van der Waals surface area contributed by atoms with Gasteiger partial charge in [-0.1, -0.05) is 23.7 Å². The Bertz CT molecular complexity index is 671. The summed E-state index contributed by atoms with van der Waals surface area (Å²) in [7, 11) is 0. The number of benzene rings is 2. The molecule has 0 aliphatic rings. The van der Waals surface area contributed by atoms with Crippen molar-refractivity contribution >= 4 is 23.1 Å². The molecule has 0 N–H and O–H groups in total. The van der Waals surface area contributed by atoms with Gasteiger partial charge in [-0.15, -0.1) is 0 Å². The lowest BCUT2D eigenvalue weighted by Gasteiger charge is -2.03. The molecule has 0 aliphatic heterocycles. The Morgan fingerprint density at radius 2 is 1.85 bits per heavy atom. The van der Waals surface area contributed by atoms with Gasteiger partial charge in [-0.05, 0) is 23.8 Å². The second-order valence-electron chi connectivity index (χ2n) is 4.18. The van der Waals surface area contributed by atoms with Crippen molar-refractivity contribution in [3.05, 3.63) is 74.5 Å². The van der Waals surface area contributed by atoms with E-state index >= 15 is 0 Å². The van der Waals surface area contributed by atoms with Gasteiger partial charge in [0.25, 0.3) is 5.69 Å². The van der Waals surface area contributed by atoms with Crippen LogP contribution < -0.4 is 0 Å². The van der Waals surface area contributed by atoms with E-state index in [4.69, 9.17) is 11.6 Å². The Morgan fingerprint density at radius 1 is 1.20 bits per heavy atom. The number of Topliss-reactive ketones (excluding diaryl/α,β-unsaturated/α-hetero) is 1. The van der Waals surface area contributed by atoms with E-state index < -0.39 is 4.92 Å². The lowest BCUT2D eigenvalue weighted by atomic mass is 10.0. The standard InChI is InChI=1S/C14H9ClFNO3/c15-11-6-10(7-13(8-11)17(19)20)14(18)5-9-1-3-12(16)4-2-9/h1-4,6-8H,5H2. The molecule has 0 spiro atoms. The van der Waals surface area contributed by atoms with Crippen molar-refractivity contribution in [3.8, 4) is 0 Å². The molecule has 0 aromatic heterocycles. The van der Waals surface area contributed by atoms with E-state index in [0.717, 1.165) is 0 Å². The van der Waals surface area contributed by atoms with Crippen LogP contribution in [-0.2, 0) is 6.42 Å². The van der Waals surface area contributed by atoms with Crippen LogP contribution in [0.25, 0.3) is 0 Å². The van der Waals surface area contributed by atoms with E-state index in [9.17, 15) is 19.3 Å². The highest BCUT2D eigenvalue weighted by Crippen LogP contribution is 2.22. The number of halogens is 2. The fraction of sp³-hybridized carbons (Fsp3) is 0.0714. The molecule has 2 aromatic rings. The summed E-state index contributed by atoms with van der Waals surface area (Å²) in [5.74, 6) is -0.707. The van der Waals surface area contributed by atoms with Crippen molar-refractivity contribution in [2.75, 3.05) is 0 Å². The van der Waals surface area contributed by atoms with Crippen molar-refractivity contribution < 1.29 is 14.1 Å². The van der Waals surface area contributed by atoms with Crippen LogP contribution in [0.4, 0.5) is 10.1 Å². The number of carbonyl (C=O) groups excluding carboxylic acids is 1. The molecule has 4 nitrogen and oxygen atoms in total. The van der Waals surface area contributed by atoms with Gasteiger partial charge in [0.2, 0.25) is 0 Å². The molecule has 0 heterocycles. The molecule has 0 saturated heterocycles. The fourth-order valence-electron chi connectivity index (χ4n) is 1.73. The summed E-state index contributed by atoms with van der Waals surface area (Å²) in [6.07, 6.45) is 0.0256. The van der Waals surface area contributed by atoms with Gasteiger partial charge >= 0.3 is 0 Å². The van der Waals surface area contributed by atoms with Crippen LogP contribution in [-0.4, -0.2) is 10.7 Å². The normalized spacial score (nSPS) is 10.3. The first-order valence-corrected chi connectivity index (χ1v) is 6.06. The van der Waals surface area contributed by atoms with Gasteiger partial charge < -0.3 is 0 Å². The first-order valence-electron chi connectivity index (χ1n) is 5.68. The molecule has 0 saturated carbocycles.